The fourth-order valence-electron chi connectivity index (χ4n) is 6.02. The Morgan fingerprint density at radius 3 is 1.98 bits per heavy atom. The smallest absolute Gasteiger partial charge is 0.180 e. The van der Waals surface area contributed by atoms with Crippen LogP contribution in [0.3, 0.4) is 0 Å². The molecule has 2 heterocycles. The van der Waals surface area contributed by atoms with E-state index in [2.05, 4.69) is 84.2 Å². The van der Waals surface area contributed by atoms with Crippen molar-refractivity contribution in [2.24, 2.45) is 0 Å². The fraction of sp³-hybridized carbons (Fsp3) is 0. The summed E-state index contributed by atoms with van der Waals surface area (Å²) in [4.78, 5) is 9.91. The molecule has 48 heavy (non-hydrogen) atoms. The molecule has 0 bridgehead atoms. The fourth-order valence-corrected chi connectivity index (χ4v) is 6.02. The maximum absolute atomic E-state index is 9.64. The molecule has 0 saturated heterocycles. The number of aromatic nitrogens is 2. The lowest BCUT2D eigenvalue weighted by Gasteiger charge is -2.13. The highest BCUT2D eigenvalue weighted by Gasteiger charge is 2.19. The molecule has 1 N–H and O–H groups in total. The number of hydrogen-bond acceptors (Lipinski definition) is 6. The zero-order valence-corrected chi connectivity index (χ0v) is 25.6. The van der Waals surface area contributed by atoms with Gasteiger partial charge in [-0.25, -0.2) is 9.97 Å². The molecule has 0 saturated carbocycles. The highest BCUT2D eigenvalue weighted by Crippen LogP contribution is 2.39. The number of benzene rings is 6. The minimum Gasteiger partial charge on any atom is -0.452 e. The van der Waals surface area contributed by atoms with E-state index in [0.717, 1.165) is 44.6 Å². The summed E-state index contributed by atoms with van der Waals surface area (Å²) in [6, 6.07) is 52.2. The molecular weight excluding hydrogens is 590 g/mol. The summed E-state index contributed by atoms with van der Waals surface area (Å²) < 4.78 is 6.44. The first-order chi connectivity index (χ1) is 23.7. The predicted octanol–water partition coefficient (Wildman–Crippen LogP) is 10.5. The monoisotopic (exact) mass is 615 g/mol. The Labute approximate surface area is 276 Å². The van der Waals surface area contributed by atoms with Crippen LogP contribution >= 0.6 is 0 Å². The molecule has 0 atom stereocenters. The van der Waals surface area contributed by atoms with Gasteiger partial charge >= 0.3 is 0 Å². The molecule has 0 fully saturated rings. The van der Waals surface area contributed by atoms with E-state index in [4.69, 9.17) is 14.4 Å². The molecule has 8 rings (SSSR count). The van der Waals surface area contributed by atoms with Gasteiger partial charge in [0, 0.05) is 33.5 Å². The number of nitriles is 2. The van der Waals surface area contributed by atoms with Crippen LogP contribution in [0.1, 0.15) is 11.1 Å². The van der Waals surface area contributed by atoms with Crippen molar-refractivity contribution in [3.8, 4) is 57.0 Å². The Morgan fingerprint density at radius 1 is 0.542 bits per heavy atom. The van der Waals surface area contributed by atoms with Gasteiger partial charge in [0.05, 0.1) is 23.3 Å². The van der Waals surface area contributed by atoms with Gasteiger partial charge in [-0.1, -0.05) is 91.0 Å². The molecule has 0 aliphatic carbocycles. The van der Waals surface area contributed by atoms with Crippen molar-refractivity contribution in [2.75, 3.05) is 5.32 Å². The maximum atomic E-state index is 9.64. The first kappa shape index (κ1) is 28.5. The van der Waals surface area contributed by atoms with E-state index in [0.29, 0.717) is 44.9 Å². The second-order valence-corrected chi connectivity index (χ2v) is 11.4. The van der Waals surface area contributed by atoms with Gasteiger partial charge in [-0.2, -0.15) is 10.5 Å². The quantitative estimate of drug-likeness (QED) is 0.200. The van der Waals surface area contributed by atoms with Gasteiger partial charge < -0.3 is 9.73 Å². The van der Waals surface area contributed by atoms with E-state index in [1.807, 2.05) is 60.7 Å². The van der Waals surface area contributed by atoms with Crippen LogP contribution in [0.5, 0.6) is 0 Å². The number of hydrogen-bond donors (Lipinski definition) is 1. The normalized spacial score (nSPS) is 10.9. The van der Waals surface area contributed by atoms with Gasteiger partial charge in [-0.3, -0.25) is 0 Å². The topological polar surface area (TPSA) is 98.5 Å². The second kappa shape index (κ2) is 12.1. The molecule has 0 unspecified atom stereocenters. The van der Waals surface area contributed by atoms with Crippen molar-refractivity contribution in [3.05, 3.63) is 157 Å². The van der Waals surface area contributed by atoms with E-state index < -0.39 is 0 Å². The van der Waals surface area contributed by atoms with E-state index in [9.17, 15) is 10.5 Å². The highest BCUT2D eigenvalue weighted by molar-refractivity contribution is 6.08. The van der Waals surface area contributed by atoms with Crippen LogP contribution in [0.25, 0.3) is 67.0 Å². The molecule has 8 aromatic rings. The first-order valence-corrected chi connectivity index (χ1v) is 15.4. The van der Waals surface area contributed by atoms with E-state index in [1.54, 1.807) is 18.2 Å². The van der Waals surface area contributed by atoms with E-state index in [1.165, 1.54) is 0 Å². The van der Waals surface area contributed by atoms with Crippen LogP contribution in [0.4, 0.5) is 11.4 Å². The summed E-state index contributed by atoms with van der Waals surface area (Å²) in [5.74, 6) is 0.410. The third-order valence-electron chi connectivity index (χ3n) is 8.30. The SMILES string of the molecule is N#Cc1cc(C#N)cc(-c2nc(-c3ccccc3)c3oc4ccc(-c5cccc(-c6ccccc6Nc6ccccc6)c5)cc4c3n2)c1. The standard InChI is InChI=1S/C42H25N5O/c43-25-27-20-28(26-44)22-33(21-27)42-46-39(29-10-3-1-4-11-29)41-40(47-42)36-24-31(18-19-38(36)48-41)30-12-9-13-32(23-30)35-16-7-8-17-37(35)45-34-14-5-2-6-15-34/h1-24,45H. The van der Waals surface area contributed by atoms with E-state index >= 15 is 0 Å². The van der Waals surface area contributed by atoms with Crippen LogP contribution in [0.2, 0.25) is 0 Å². The first-order valence-electron chi connectivity index (χ1n) is 15.4. The molecule has 0 radical (unpaired) electrons. The van der Waals surface area contributed by atoms with Crippen molar-refractivity contribution < 1.29 is 4.42 Å². The summed E-state index contributed by atoms with van der Waals surface area (Å²) in [5.41, 5.74) is 11.1. The van der Waals surface area contributed by atoms with Crippen LogP contribution < -0.4 is 5.32 Å². The van der Waals surface area contributed by atoms with Gasteiger partial charge in [0.15, 0.2) is 11.4 Å². The minimum absolute atomic E-state index is 0.369. The zero-order valence-electron chi connectivity index (χ0n) is 25.6. The van der Waals surface area contributed by atoms with Crippen LogP contribution in [-0.4, -0.2) is 9.97 Å². The molecule has 6 aromatic carbocycles. The summed E-state index contributed by atoms with van der Waals surface area (Å²) in [6.45, 7) is 0. The molecule has 6 heteroatoms. The molecule has 6 nitrogen and oxygen atoms in total. The lowest BCUT2D eigenvalue weighted by molar-refractivity contribution is 0.667. The Kier molecular flexibility index (Phi) is 7.15. The largest absolute Gasteiger partial charge is 0.452 e. The summed E-state index contributed by atoms with van der Waals surface area (Å²) in [5, 5.41) is 23.7. The van der Waals surface area contributed by atoms with Gasteiger partial charge in [0.25, 0.3) is 0 Å². The van der Waals surface area contributed by atoms with Gasteiger partial charge in [0.2, 0.25) is 0 Å². The Morgan fingerprint density at radius 2 is 1.21 bits per heavy atom. The predicted molar refractivity (Wildman–Crippen MR) is 190 cm³/mol. The Bertz CT molecular complexity index is 2530. The van der Waals surface area contributed by atoms with Crippen LogP contribution in [0, 0.1) is 22.7 Å². The lowest BCUT2D eigenvalue weighted by atomic mass is 9.97. The van der Waals surface area contributed by atoms with Gasteiger partial charge in [0.1, 0.15) is 16.8 Å². The second-order valence-electron chi connectivity index (χ2n) is 11.4. The number of anilines is 2. The number of nitrogens with zero attached hydrogens (tertiary/aromatic N) is 4. The third-order valence-corrected chi connectivity index (χ3v) is 8.30. The van der Waals surface area contributed by atoms with Crippen molar-refractivity contribution in [1.82, 2.24) is 9.97 Å². The molecule has 2 aromatic heterocycles. The van der Waals surface area contributed by atoms with Crippen LogP contribution in [-0.2, 0) is 0 Å². The average molecular weight is 616 g/mol. The summed E-state index contributed by atoms with van der Waals surface area (Å²) in [6.07, 6.45) is 0. The van der Waals surface area contributed by atoms with Crippen molar-refractivity contribution in [3.63, 3.8) is 0 Å². The van der Waals surface area contributed by atoms with Gasteiger partial charge in [-0.15, -0.1) is 0 Å². The number of furan rings is 1. The zero-order chi connectivity index (χ0) is 32.5. The number of rotatable bonds is 6. The van der Waals surface area contributed by atoms with Crippen LogP contribution in [0.15, 0.2) is 150 Å². The van der Waals surface area contributed by atoms with Crippen molar-refractivity contribution in [2.45, 2.75) is 0 Å². The molecule has 0 aliphatic rings. The third kappa shape index (κ3) is 5.30. The molecule has 0 spiro atoms. The molecule has 224 valence electrons. The van der Waals surface area contributed by atoms with E-state index in [-0.39, 0.29) is 0 Å². The minimum atomic E-state index is 0.369. The average Bonchev–Trinajstić information content (AvgIpc) is 3.53. The molecule has 0 amide bonds. The number of fused-ring (bicyclic) bond motifs is 3. The Balaban J connectivity index is 1.27. The summed E-state index contributed by atoms with van der Waals surface area (Å²) >= 11 is 0. The van der Waals surface area contributed by atoms with Gasteiger partial charge in [-0.05, 0) is 71.3 Å². The Hall–Kier alpha value is -7.02. The van der Waals surface area contributed by atoms with Crippen molar-refractivity contribution in [1.29, 1.82) is 10.5 Å². The number of nitrogens with one attached hydrogen (secondary N) is 1. The highest BCUT2D eigenvalue weighted by atomic mass is 16.3. The lowest BCUT2D eigenvalue weighted by Crippen LogP contribution is -1.95. The number of para-hydroxylation sites is 2. The maximum Gasteiger partial charge on any atom is 0.180 e. The molecule has 0 aliphatic heterocycles. The molecular formula is C42H25N5O. The summed E-state index contributed by atoms with van der Waals surface area (Å²) in [7, 11) is 0. The van der Waals surface area contributed by atoms with Crippen molar-refractivity contribution >= 4 is 33.4 Å².